The van der Waals surface area contributed by atoms with Gasteiger partial charge in [0.05, 0.1) is 19.9 Å². The number of hydrogen-bond donors (Lipinski definition) is 1. The smallest absolute Gasteiger partial charge is 0.248 e. The Morgan fingerprint density at radius 1 is 1.07 bits per heavy atom. The molecule has 7 heteroatoms. The first-order valence-electron chi connectivity index (χ1n) is 9.27. The molecule has 0 bridgehead atoms. The number of benzene rings is 2. The Morgan fingerprint density at radius 3 is 2.73 bits per heavy atom. The quantitative estimate of drug-likeness (QED) is 0.494. The molecule has 0 fully saturated rings. The van der Waals surface area contributed by atoms with Gasteiger partial charge < -0.3 is 14.8 Å². The number of fused-ring (bicyclic) bond motifs is 1. The van der Waals surface area contributed by atoms with E-state index in [9.17, 15) is 4.79 Å². The number of amides is 1. The van der Waals surface area contributed by atoms with E-state index < -0.39 is 0 Å². The van der Waals surface area contributed by atoms with Crippen molar-refractivity contribution in [2.24, 2.45) is 0 Å². The van der Waals surface area contributed by atoms with Gasteiger partial charge in [0.15, 0.2) is 11.5 Å². The SMILES string of the molecule is COc1ccc(/C=C/C(=O)Nc2cccc(-c3cn4cccnc4n3)c2)cc1OC. The lowest BCUT2D eigenvalue weighted by Gasteiger charge is -2.07. The molecule has 0 aliphatic rings. The van der Waals surface area contributed by atoms with Crippen molar-refractivity contribution >= 4 is 23.4 Å². The van der Waals surface area contributed by atoms with Crippen molar-refractivity contribution in [3.63, 3.8) is 0 Å². The van der Waals surface area contributed by atoms with Crippen molar-refractivity contribution in [3.8, 4) is 22.8 Å². The van der Waals surface area contributed by atoms with Crippen molar-refractivity contribution in [1.29, 1.82) is 0 Å². The molecule has 2 aromatic carbocycles. The van der Waals surface area contributed by atoms with Crippen LogP contribution in [0.2, 0.25) is 0 Å². The van der Waals surface area contributed by atoms with Crippen molar-refractivity contribution in [3.05, 3.63) is 78.8 Å². The van der Waals surface area contributed by atoms with E-state index in [0.29, 0.717) is 23.0 Å². The fraction of sp³-hybridized carbons (Fsp3) is 0.0870. The second kappa shape index (κ2) is 8.48. The van der Waals surface area contributed by atoms with Gasteiger partial charge in [0.25, 0.3) is 0 Å². The topological polar surface area (TPSA) is 77.8 Å². The highest BCUT2D eigenvalue weighted by Gasteiger charge is 2.07. The van der Waals surface area contributed by atoms with Gasteiger partial charge in [-0.3, -0.25) is 9.20 Å². The maximum absolute atomic E-state index is 12.4. The van der Waals surface area contributed by atoms with Gasteiger partial charge in [-0.05, 0) is 42.0 Å². The molecule has 1 amide bonds. The lowest BCUT2D eigenvalue weighted by Crippen LogP contribution is -2.07. The van der Waals surface area contributed by atoms with Crippen molar-refractivity contribution < 1.29 is 14.3 Å². The molecule has 0 saturated carbocycles. The van der Waals surface area contributed by atoms with E-state index in [2.05, 4.69) is 15.3 Å². The number of carbonyl (C=O) groups excluding carboxylic acids is 1. The molecule has 1 N–H and O–H groups in total. The Hall–Kier alpha value is -4.13. The molecule has 2 aromatic heterocycles. The zero-order chi connectivity index (χ0) is 20.9. The average molecular weight is 400 g/mol. The van der Waals surface area contributed by atoms with Crippen LogP contribution in [0.25, 0.3) is 23.1 Å². The van der Waals surface area contributed by atoms with Crippen LogP contribution in [0.15, 0.2) is 73.2 Å². The Balaban J connectivity index is 1.48. The monoisotopic (exact) mass is 400 g/mol. The number of nitrogens with one attached hydrogen (secondary N) is 1. The number of imidazole rings is 1. The van der Waals surface area contributed by atoms with Gasteiger partial charge >= 0.3 is 0 Å². The van der Waals surface area contributed by atoms with E-state index in [1.807, 2.05) is 53.2 Å². The average Bonchev–Trinajstić information content (AvgIpc) is 3.22. The molecule has 7 nitrogen and oxygen atoms in total. The number of nitrogens with zero attached hydrogens (tertiary/aromatic N) is 3. The summed E-state index contributed by atoms with van der Waals surface area (Å²) in [7, 11) is 3.15. The normalized spacial score (nSPS) is 11.0. The molecule has 0 atom stereocenters. The fourth-order valence-corrected chi connectivity index (χ4v) is 3.04. The largest absolute Gasteiger partial charge is 0.493 e. The number of rotatable bonds is 6. The number of hydrogen-bond acceptors (Lipinski definition) is 5. The van der Waals surface area contributed by atoms with Crippen LogP contribution < -0.4 is 14.8 Å². The fourth-order valence-electron chi connectivity index (χ4n) is 3.04. The van der Waals surface area contributed by atoms with Crippen molar-refractivity contribution in [2.45, 2.75) is 0 Å². The summed E-state index contributed by atoms with van der Waals surface area (Å²) in [5, 5.41) is 2.88. The standard InChI is InChI=1S/C23H20N4O3/c1-29-20-9-7-16(13-21(20)30-2)8-10-22(28)25-18-6-3-5-17(14-18)19-15-27-12-4-11-24-23(27)26-19/h3-15H,1-2H3,(H,25,28)/b10-8+. The summed E-state index contributed by atoms with van der Waals surface area (Å²) in [6.45, 7) is 0. The number of carbonyl (C=O) groups is 1. The molecule has 30 heavy (non-hydrogen) atoms. The third-order valence-corrected chi connectivity index (χ3v) is 4.50. The first-order chi connectivity index (χ1) is 14.7. The highest BCUT2D eigenvalue weighted by atomic mass is 16.5. The van der Waals surface area contributed by atoms with Crippen LogP contribution in [0.1, 0.15) is 5.56 Å². The van der Waals surface area contributed by atoms with Crippen LogP contribution in [0.4, 0.5) is 5.69 Å². The molecule has 4 rings (SSSR count). The highest BCUT2D eigenvalue weighted by molar-refractivity contribution is 6.02. The summed E-state index contributed by atoms with van der Waals surface area (Å²) >= 11 is 0. The van der Waals surface area contributed by atoms with E-state index in [1.165, 1.54) is 6.08 Å². The molecule has 150 valence electrons. The second-order valence-corrected chi connectivity index (χ2v) is 6.47. The van der Waals surface area contributed by atoms with Gasteiger partial charge in [-0.25, -0.2) is 9.97 Å². The Bertz CT molecular complexity index is 1200. The predicted octanol–water partition coefficient (Wildman–Crippen LogP) is 4.07. The third-order valence-electron chi connectivity index (χ3n) is 4.50. The van der Waals surface area contributed by atoms with Crippen molar-refractivity contribution in [1.82, 2.24) is 14.4 Å². The van der Waals surface area contributed by atoms with Gasteiger partial charge in [0.1, 0.15) is 0 Å². The summed E-state index contributed by atoms with van der Waals surface area (Å²) in [5.74, 6) is 1.63. The molecule has 0 aliphatic carbocycles. The lowest BCUT2D eigenvalue weighted by molar-refractivity contribution is -0.111. The van der Waals surface area contributed by atoms with E-state index >= 15 is 0 Å². The van der Waals surface area contributed by atoms with Gasteiger partial charge in [0, 0.05) is 35.9 Å². The minimum absolute atomic E-state index is 0.237. The summed E-state index contributed by atoms with van der Waals surface area (Å²) in [5.41, 5.74) is 3.18. The summed E-state index contributed by atoms with van der Waals surface area (Å²) in [4.78, 5) is 21.1. The van der Waals surface area contributed by atoms with Crippen LogP contribution in [-0.2, 0) is 4.79 Å². The molecule has 0 saturated heterocycles. The van der Waals surface area contributed by atoms with E-state index in [-0.39, 0.29) is 5.91 Å². The predicted molar refractivity (Wildman–Crippen MR) is 116 cm³/mol. The number of aromatic nitrogens is 3. The van der Waals surface area contributed by atoms with Crippen LogP contribution in [0, 0.1) is 0 Å². The van der Waals surface area contributed by atoms with Crippen molar-refractivity contribution in [2.75, 3.05) is 19.5 Å². The molecule has 0 spiro atoms. The van der Waals surface area contributed by atoms with Gasteiger partial charge in [-0.15, -0.1) is 0 Å². The molecule has 2 heterocycles. The number of anilines is 1. The van der Waals surface area contributed by atoms with Crippen LogP contribution in [0.5, 0.6) is 11.5 Å². The molecule has 0 unspecified atom stereocenters. The van der Waals surface area contributed by atoms with E-state index in [4.69, 9.17) is 9.47 Å². The Kier molecular flexibility index (Phi) is 5.43. The maximum atomic E-state index is 12.4. The third kappa shape index (κ3) is 4.15. The zero-order valence-electron chi connectivity index (χ0n) is 16.6. The first-order valence-corrected chi connectivity index (χ1v) is 9.27. The van der Waals surface area contributed by atoms with Crippen LogP contribution >= 0.6 is 0 Å². The minimum Gasteiger partial charge on any atom is -0.493 e. The minimum atomic E-state index is -0.237. The van der Waals surface area contributed by atoms with Crippen LogP contribution in [-0.4, -0.2) is 34.5 Å². The lowest BCUT2D eigenvalue weighted by atomic mass is 10.1. The molecular formula is C23H20N4O3. The van der Waals surface area contributed by atoms with E-state index in [1.54, 1.807) is 38.6 Å². The summed E-state index contributed by atoms with van der Waals surface area (Å²) < 4.78 is 12.4. The maximum Gasteiger partial charge on any atom is 0.248 e. The Morgan fingerprint density at radius 2 is 1.93 bits per heavy atom. The highest BCUT2D eigenvalue weighted by Crippen LogP contribution is 2.28. The van der Waals surface area contributed by atoms with E-state index in [0.717, 1.165) is 16.8 Å². The van der Waals surface area contributed by atoms with Gasteiger partial charge in [0.2, 0.25) is 11.7 Å². The molecule has 4 aromatic rings. The number of methoxy groups -OCH3 is 2. The van der Waals surface area contributed by atoms with Gasteiger partial charge in [-0.1, -0.05) is 18.2 Å². The first kappa shape index (κ1) is 19.2. The summed E-state index contributed by atoms with van der Waals surface area (Å²) in [6, 6.07) is 14.8. The zero-order valence-corrected chi connectivity index (χ0v) is 16.6. The molecular weight excluding hydrogens is 380 g/mol. The Labute approximate surface area is 173 Å². The van der Waals surface area contributed by atoms with Gasteiger partial charge in [-0.2, -0.15) is 0 Å². The molecule has 0 radical (unpaired) electrons. The molecule has 0 aliphatic heterocycles. The number of ether oxygens (including phenoxy) is 2. The summed E-state index contributed by atoms with van der Waals surface area (Å²) in [6.07, 6.45) is 8.69. The second-order valence-electron chi connectivity index (χ2n) is 6.47. The van der Waals surface area contributed by atoms with Crippen LogP contribution in [0.3, 0.4) is 0 Å².